The van der Waals surface area contributed by atoms with Gasteiger partial charge in [-0.25, -0.2) is 4.79 Å². The largest absolute Gasteiger partial charge is 0.462 e. The van der Waals surface area contributed by atoms with E-state index in [4.69, 9.17) is 4.74 Å². The Balaban J connectivity index is 2.03. The van der Waals surface area contributed by atoms with Crippen molar-refractivity contribution in [2.24, 2.45) is 0 Å². The molecule has 2 heterocycles. The quantitative estimate of drug-likeness (QED) is 0.662. The van der Waals surface area contributed by atoms with Crippen molar-refractivity contribution in [3.8, 4) is 11.1 Å². The topological polar surface area (TPSA) is 48.3 Å². The number of aromatic nitrogens is 1. The Morgan fingerprint density at radius 3 is 2.69 bits per heavy atom. The van der Waals surface area contributed by atoms with Crippen LogP contribution in [-0.4, -0.2) is 17.1 Å². The van der Waals surface area contributed by atoms with Gasteiger partial charge in [0, 0.05) is 17.6 Å². The van der Waals surface area contributed by atoms with E-state index in [-0.39, 0.29) is 23.6 Å². The summed E-state index contributed by atoms with van der Waals surface area (Å²) in [5.74, 6) is -0.547. The second-order valence-corrected chi connectivity index (χ2v) is 6.74. The molecule has 4 rings (SSSR count). The molecule has 0 amide bonds. The van der Waals surface area contributed by atoms with Crippen molar-refractivity contribution >= 4 is 16.9 Å². The minimum Gasteiger partial charge on any atom is -0.462 e. The van der Waals surface area contributed by atoms with Crippen LogP contribution in [0.5, 0.6) is 0 Å². The molecule has 0 saturated carbocycles. The predicted octanol–water partition coefficient (Wildman–Crippen LogP) is 4.35. The van der Waals surface area contributed by atoms with Gasteiger partial charge in [-0.2, -0.15) is 0 Å². The smallest absolute Gasteiger partial charge is 0.343 e. The number of pyridine rings is 1. The Morgan fingerprint density at radius 1 is 1.19 bits per heavy atom. The summed E-state index contributed by atoms with van der Waals surface area (Å²) in [7, 11) is 0. The third-order valence-electron chi connectivity index (χ3n) is 5.17. The summed E-state index contributed by atoms with van der Waals surface area (Å²) in [5.41, 5.74) is 4.30. The fourth-order valence-electron chi connectivity index (χ4n) is 3.86. The Morgan fingerprint density at radius 2 is 1.96 bits per heavy atom. The molecule has 0 saturated heterocycles. The second kappa shape index (κ2) is 6.45. The lowest BCUT2D eigenvalue weighted by Gasteiger charge is -2.28. The van der Waals surface area contributed by atoms with Crippen LogP contribution in [0, 0.1) is 0 Å². The molecule has 0 spiro atoms. The van der Waals surface area contributed by atoms with Crippen molar-refractivity contribution in [3.63, 3.8) is 0 Å². The molecule has 0 aliphatic carbocycles. The molecule has 1 unspecified atom stereocenters. The number of hydrogen-bond donors (Lipinski definition) is 0. The van der Waals surface area contributed by atoms with Crippen LogP contribution in [0.15, 0.2) is 53.5 Å². The second-order valence-electron chi connectivity index (χ2n) is 6.74. The SMILES string of the molecule is CCOC(=O)c1cn2c3c(c(-c4ccccc4)ccc3c1=O)CCC2C. The molecule has 0 N–H and O–H groups in total. The van der Waals surface area contributed by atoms with Crippen molar-refractivity contribution in [1.29, 1.82) is 0 Å². The average Bonchev–Trinajstić information content (AvgIpc) is 2.66. The first-order valence-electron chi connectivity index (χ1n) is 9.05. The number of carbonyl (C=O) groups excluding carboxylic acids is 1. The third-order valence-corrected chi connectivity index (χ3v) is 5.17. The van der Waals surface area contributed by atoms with Gasteiger partial charge in [-0.05, 0) is 49.4 Å². The van der Waals surface area contributed by atoms with Gasteiger partial charge < -0.3 is 9.30 Å². The molecule has 1 aliphatic heterocycles. The van der Waals surface area contributed by atoms with Crippen LogP contribution in [0.1, 0.15) is 42.2 Å². The lowest BCUT2D eigenvalue weighted by Crippen LogP contribution is -2.25. The number of esters is 1. The zero-order valence-electron chi connectivity index (χ0n) is 15.0. The Kier molecular flexibility index (Phi) is 4.11. The molecule has 0 fully saturated rings. The Labute approximate surface area is 152 Å². The maximum Gasteiger partial charge on any atom is 0.343 e. The highest BCUT2D eigenvalue weighted by Gasteiger charge is 2.25. The van der Waals surface area contributed by atoms with Crippen LogP contribution >= 0.6 is 0 Å². The van der Waals surface area contributed by atoms with E-state index < -0.39 is 5.97 Å². The van der Waals surface area contributed by atoms with Gasteiger partial charge in [0.05, 0.1) is 12.1 Å². The lowest BCUT2D eigenvalue weighted by molar-refractivity contribution is 0.0524. The first-order chi connectivity index (χ1) is 12.6. The summed E-state index contributed by atoms with van der Waals surface area (Å²) >= 11 is 0. The number of carbonyl (C=O) groups is 1. The number of nitrogens with zero attached hydrogens (tertiary/aromatic N) is 1. The van der Waals surface area contributed by atoms with E-state index in [9.17, 15) is 9.59 Å². The van der Waals surface area contributed by atoms with Crippen LogP contribution in [0.2, 0.25) is 0 Å². The zero-order valence-corrected chi connectivity index (χ0v) is 15.0. The van der Waals surface area contributed by atoms with Crippen LogP contribution in [0.25, 0.3) is 22.0 Å². The van der Waals surface area contributed by atoms with Gasteiger partial charge in [0.25, 0.3) is 0 Å². The molecule has 2 aromatic carbocycles. The van der Waals surface area contributed by atoms with Gasteiger partial charge in [-0.1, -0.05) is 36.4 Å². The number of rotatable bonds is 3. The normalized spacial score (nSPS) is 15.8. The molecule has 3 aromatic rings. The van der Waals surface area contributed by atoms with E-state index in [2.05, 4.69) is 23.6 Å². The molecule has 0 bridgehead atoms. The summed E-state index contributed by atoms with van der Waals surface area (Å²) < 4.78 is 7.16. The highest BCUT2D eigenvalue weighted by Crippen LogP contribution is 2.36. The summed E-state index contributed by atoms with van der Waals surface area (Å²) in [6.07, 6.45) is 3.57. The summed E-state index contributed by atoms with van der Waals surface area (Å²) in [5, 5.41) is 0.594. The maximum atomic E-state index is 12.9. The van der Waals surface area contributed by atoms with Crippen molar-refractivity contribution in [2.45, 2.75) is 32.7 Å². The van der Waals surface area contributed by atoms with Gasteiger partial charge in [-0.15, -0.1) is 0 Å². The van der Waals surface area contributed by atoms with Crippen LogP contribution in [-0.2, 0) is 11.2 Å². The van der Waals surface area contributed by atoms with Gasteiger partial charge in [0.1, 0.15) is 5.56 Å². The molecular weight excluding hydrogens is 326 g/mol. The monoisotopic (exact) mass is 347 g/mol. The van der Waals surface area contributed by atoms with Gasteiger partial charge >= 0.3 is 5.97 Å². The van der Waals surface area contributed by atoms with E-state index in [1.54, 1.807) is 13.1 Å². The summed E-state index contributed by atoms with van der Waals surface area (Å²) in [6, 6.07) is 14.3. The minimum absolute atomic E-state index is 0.117. The Bertz CT molecular complexity index is 1050. The molecule has 26 heavy (non-hydrogen) atoms. The number of aryl methyl sites for hydroxylation is 1. The fraction of sp³-hybridized carbons (Fsp3) is 0.273. The minimum atomic E-state index is -0.547. The molecule has 1 atom stereocenters. The molecule has 4 heteroatoms. The van der Waals surface area contributed by atoms with Crippen LogP contribution < -0.4 is 5.43 Å². The van der Waals surface area contributed by atoms with Gasteiger partial charge in [0.2, 0.25) is 5.43 Å². The van der Waals surface area contributed by atoms with E-state index in [0.29, 0.717) is 5.39 Å². The molecule has 0 radical (unpaired) electrons. The lowest BCUT2D eigenvalue weighted by atomic mass is 9.89. The molecule has 1 aromatic heterocycles. The number of hydrogen-bond acceptors (Lipinski definition) is 3. The first-order valence-corrected chi connectivity index (χ1v) is 9.05. The molecule has 1 aliphatic rings. The van der Waals surface area contributed by atoms with Crippen LogP contribution in [0.3, 0.4) is 0 Å². The first kappa shape index (κ1) is 16.6. The maximum absolute atomic E-state index is 12.9. The van der Waals surface area contributed by atoms with Crippen LogP contribution in [0.4, 0.5) is 0 Å². The standard InChI is InChI=1S/C22H21NO3/c1-3-26-22(25)19-13-23-14(2)9-10-17-16(15-7-5-4-6-8-15)11-12-18(20(17)23)21(19)24/h4-8,11-14H,3,9-10H2,1-2H3. The van der Waals surface area contributed by atoms with Crippen molar-refractivity contribution in [3.05, 3.63) is 70.0 Å². The van der Waals surface area contributed by atoms with Crippen molar-refractivity contribution in [1.82, 2.24) is 4.57 Å². The van der Waals surface area contributed by atoms with Gasteiger partial charge in [0.15, 0.2) is 0 Å². The summed E-state index contributed by atoms with van der Waals surface area (Å²) in [4.78, 5) is 25.2. The molecule has 4 nitrogen and oxygen atoms in total. The number of ether oxygens (including phenoxy) is 1. The summed E-state index contributed by atoms with van der Waals surface area (Å²) in [6.45, 7) is 4.12. The highest BCUT2D eigenvalue weighted by atomic mass is 16.5. The highest BCUT2D eigenvalue weighted by molar-refractivity contribution is 5.96. The van der Waals surface area contributed by atoms with Crippen molar-refractivity contribution in [2.75, 3.05) is 6.61 Å². The third kappa shape index (κ3) is 2.53. The fourth-order valence-corrected chi connectivity index (χ4v) is 3.86. The van der Waals surface area contributed by atoms with E-state index >= 15 is 0 Å². The van der Waals surface area contributed by atoms with Gasteiger partial charge in [-0.3, -0.25) is 4.79 Å². The molecule has 132 valence electrons. The van der Waals surface area contributed by atoms with E-state index in [1.165, 1.54) is 5.56 Å². The van der Waals surface area contributed by atoms with Crippen molar-refractivity contribution < 1.29 is 9.53 Å². The number of benzene rings is 2. The predicted molar refractivity (Wildman–Crippen MR) is 103 cm³/mol. The Hall–Kier alpha value is -2.88. The van der Waals surface area contributed by atoms with E-state index in [0.717, 1.165) is 29.5 Å². The zero-order chi connectivity index (χ0) is 18.3. The van der Waals surface area contributed by atoms with E-state index in [1.807, 2.05) is 30.3 Å². The molecular formula is C22H21NO3. The average molecular weight is 347 g/mol.